The molecule has 0 saturated carbocycles. The van der Waals surface area contributed by atoms with Crippen molar-refractivity contribution in [2.24, 2.45) is 0 Å². The third kappa shape index (κ3) is 9.23. The molecule has 0 spiro atoms. The minimum absolute atomic E-state index is 0.0539. The van der Waals surface area contributed by atoms with Crippen molar-refractivity contribution >= 4 is 27.4 Å². The number of unbranched alkanes of at least 4 members (excludes halogenated alkanes) is 3. The van der Waals surface area contributed by atoms with Crippen molar-refractivity contribution in [1.29, 1.82) is 0 Å². The normalized spacial score (nSPS) is 17.8. The van der Waals surface area contributed by atoms with Crippen LogP contribution >= 0.6 is 0 Å². The Morgan fingerprint density at radius 1 is 0.955 bits per heavy atom. The largest absolute Gasteiger partial charge is 0.494 e. The second-order valence-electron chi connectivity index (χ2n) is 10.7. The Morgan fingerprint density at radius 3 is 2.14 bits per heavy atom. The molecule has 0 fully saturated rings. The first-order valence-electron chi connectivity index (χ1n) is 14.0. The van der Waals surface area contributed by atoms with Crippen LogP contribution in [0.1, 0.15) is 68.6 Å². The number of aryl methyl sites for hydroxylation is 1. The van der Waals surface area contributed by atoms with Crippen LogP contribution in [0.3, 0.4) is 0 Å². The van der Waals surface area contributed by atoms with Crippen LogP contribution in [-0.2, 0) is 31.6 Å². The van der Waals surface area contributed by atoms with E-state index >= 15 is 0 Å². The van der Waals surface area contributed by atoms with Crippen LogP contribution in [0.5, 0.6) is 5.75 Å². The van der Waals surface area contributed by atoms with E-state index in [2.05, 4.69) is 0 Å². The average molecular weight is 649 g/mol. The molecule has 0 aromatic heterocycles. The van der Waals surface area contributed by atoms with Crippen molar-refractivity contribution in [3.63, 3.8) is 0 Å². The quantitative estimate of drug-likeness (QED) is 0.150. The number of carbonyl (C=O) groups is 2. The number of hydrogen-bond donors (Lipinski definition) is 2. The predicted molar refractivity (Wildman–Crippen MR) is 152 cm³/mol. The summed E-state index contributed by atoms with van der Waals surface area (Å²) in [6, 6.07) is 11.1. The van der Waals surface area contributed by atoms with Gasteiger partial charge in [0.2, 0.25) is 10.0 Å². The molecular formula is C30H34F6N2O5S. The first-order valence-corrected chi connectivity index (χ1v) is 15.9. The summed E-state index contributed by atoms with van der Waals surface area (Å²) in [6.07, 6.45) is -7.45. The highest BCUT2D eigenvalue weighted by Crippen LogP contribution is 2.48. The molecule has 0 saturated heterocycles. The highest BCUT2D eigenvalue weighted by molar-refractivity contribution is 7.89. The first kappa shape index (κ1) is 34.9. The first-order chi connectivity index (χ1) is 20.5. The van der Waals surface area contributed by atoms with E-state index in [1.807, 2.05) is 12.2 Å². The lowest BCUT2D eigenvalue weighted by molar-refractivity contribution is -0.201. The summed E-state index contributed by atoms with van der Waals surface area (Å²) >= 11 is 0. The van der Waals surface area contributed by atoms with Crippen molar-refractivity contribution in [1.82, 2.24) is 10.0 Å². The lowest BCUT2D eigenvalue weighted by atomic mass is 9.76. The third-order valence-corrected chi connectivity index (χ3v) is 7.68. The molecule has 1 heterocycles. The molecule has 7 nitrogen and oxygen atoms in total. The van der Waals surface area contributed by atoms with E-state index in [0.717, 1.165) is 30.5 Å². The highest BCUT2D eigenvalue weighted by Gasteiger charge is 2.60. The van der Waals surface area contributed by atoms with Gasteiger partial charge in [-0.25, -0.2) is 13.1 Å². The fourth-order valence-corrected chi connectivity index (χ4v) is 5.33. The van der Waals surface area contributed by atoms with E-state index in [4.69, 9.17) is 4.74 Å². The van der Waals surface area contributed by atoms with E-state index in [9.17, 15) is 44.3 Å². The van der Waals surface area contributed by atoms with Crippen molar-refractivity contribution < 1.29 is 49.1 Å². The van der Waals surface area contributed by atoms with Gasteiger partial charge in [0, 0.05) is 12.8 Å². The molecule has 14 heteroatoms. The molecule has 3 rings (SSSR count). The van der Waals surface area contributed by atoms with Gasteiger partial charge in [-0.05, 0) is 66.5 Å². The molecule has 2 aromatic carbocycles. The molecule has 1 aliphatic rings. The number of hydrogen-bond acceptors (Lipinski definition) is 5. The fraction of sp³-hybridized carbons (Fsp3) is 0.467. The van der Waals surface area contributed by atoms with Gasteiger partial charge < -0.3 is 10.1 Å². The summed E-state index contributed by atoms with van der Waals surface area (Å²) in [7, 11) is -4.15. The summed E-state index contributed by atoms with van der Waals surface area (Å²) in [5.41, 5.74) is -3.33. The van der Waals surface area contributed by atoms with E-state index in [-0.39, 0.29) is 41.9 Å². The zero-order valence-electron chi connectivity index (χ0n) is 24.2. The number of rotatable bonds is 13. The van der Waals surface area contributed by atoms with Gasteiger partial charge in [-0.2, -0.15) is 26.3 Å². The molecule has 2 aromatic rings. The van der Waals surface area contributed by atoms with Gasteiger partial charge in [0.05, 0.1) is 12.9 Å². The van der Waals surface area contributed by atoms with Gasteiger partial charge in [-0.3, -0.25) is 9.59 Å². The lowest BCUT2D eigenvalue weighted by Gasteiger charge is -2.41. The number of halogens is 6. The molecule has 242 valence electrons. The molecule has 2 N–H and O–H groups in total. The van der Waals surface area contributed by atoms with Crippen LogP contribution in [0.2, 0.25) is 0 Å². The number of ether oxygens (including phenoxy) is 1. The Morgan fingerprint density at radius 2 is 1.59 bits per heavy atom. The van der Waals surface area contributed by atoms with Gasteiger partial charge in [0.1, 0.15) is 11.3 Å². The second kappa shape index (κ2) is 14.0. The summed E-state index contributed by atoms with van der Waals surface area (Å²) < 4.78 is 112. The predicted octanol–water partition coefficient (Wildman–Crippen LogP) is 6.34. The third-order valence-electron chi connectivity index (χ3n) is 7.13. The molecule has 0 radical (unpaired) electrons. The number of alkyl halides is 6. The van der Waals surface area contributed by atoms with Gasteiger partial charge >= 0.3 is 12.4 Å². The van der Waals surface area contributed by atoms with Crippen LogP contribution in [0, 0.1) is 0 Å². The molecular weight excluding hydrogens is 614 g/mol. The molecule has 0 unspecified atom stereocenters. The molecule has 2 amide bonds. The molecule has 44 heavy (non-hydrogen) atoms. The van der Waals surface area contributed by atoms with Crippen LogP contribution in [-0.4, -0.2) is 45.4 Å². The van der Waals surface area contributed by atoms with Gasteiger partial charge in [-0.1, -0.05) is 49.7 Å². The Hall–Kier alpha value is -3.55. The topological polar surface area (TPSA) is 102 Å². The van der Waals surface area contributed by atoms with Crippen LogP contribution in [0.25, 0.3) is 5.57 Å². The second-order valence-corrected chi connectivity index (χ2v) is 12.4. The van der Waals surface area contributed by atoms with Crippen LogP contribution < -0.4 is 14.8 Å². The van der Waals surface area contributed by atoms with Crippen molar-refractivity contribution in [2.45, 2.75) is 76.2 Å². The van der Waals surface area contributed by atoms with E-state index in [1.54, 1.807) is 16.9 Å². The highest BCUT2D eigenvalue weighted by atomic mass is 32.2. The zero-order valence-corrected chi connectivity index (χ0v) is 25.0. The lowest BCUT2D eigenvalue weighted by Crippen LogP contribution is -2.59. The average Bonchev–Trinajstić information content (AvgIpc) is 2.91. The maximum atomic E-state index is 14.9. The summed E-state index contributed by atoms with van der Waals surface area (Å²) in [4.78, 5) is 26.2. The molecule has 1 atom stereocenters. The molecule has 1 aliphatic heterocycles. The van der Waals surface area contributed by atoms with Crippen LogP contribution in [0.15, 0.2) is 54.1 Å². The molecule has 0 aliphatic carbocycles. The van der Waals surface area contributed by atoms with Gasteiger partial charge in [0.15, 0.2) is 5.54 Å². The minimum atomic E-state index is -5.06. The standard InChI is InChI=1S/C30H34F6N2O5S/c1-3-4-8-20-9-11-21(12-10-20)24-19-28(30(34,35)36,37-26(39)25(24)27(40)38-44(2,41)42)22-13-15-23(16-14-22)43-18-7-5-6-17-29(31,32)33/h9-16H,3-8,17-19H2,1-2H3,(H,37,39)(H,38,40)/t28-/m0/s1. The Kier molecular flexibility index (Phi) is 11.1. The smallest absolute Gasteiger partial charge is 0.416 e. The Bertz CT molecular complexity index is 1450. The van der Waals surface area contributed by atoms with Crippen molar-refractivity contribution in [2.75, 3.05) is 12.9 Å². The Balaban J connectivity index is 1.95. The number of benzene rings is 2. The van der Waals surface area contributed by atoms with E-state index in [1.165, 1.54) is 24.3 Å². The number of amides is 2. The van der Waals surface area contributed by atoms with Crippen LogP contribution in [0.4, 0.5) is 26.3 Å². The minimum Gasteiger partial charge on any atom is -0.494 e. The monoisotopic (exact) mass is 648 g/mol. The maximum absolute atomic E-state index is 14.9. The van der Waals surface area contributed by atoms with Gasteiger partial charge in [0.25, 0.3) is 11.8 Å². The fourth-order valence-electron chi connectivity index (χ4n) is 4.89. The van der Waals surface area contributed by atoms with Gasteiger partial charge in [-0.15, -0.1) is 0 Å². The Labute approximate surface area is 252 Å². The SMILES string of the molecule is CCCCc1ccc(C2=C(C(=O)NS(C)(=O)=O)C(=O)N[C@@](c3ccc(OCCCCCC(F)(F)F)cc3)(C(F)(F)F)C2)cc1. The number of carbonyl (C=O) groups excluding carboxylic acids is 2. The zero-order chi connectivity index (χ0) is 32.8. The maximum Gasteiger partial charge on any atom is 0.416 e. The summed E-state index contributed by atoms with van der Waals surface area (Å²) in [5, 5.41) is 1.93. The summed E-state index contributed by atoms with van der Waals surface area (Å²) in [6.45, 7) is 2.06. The van der Waals surface area contributed by atoms with Crippen molar-refractivity contribution in [3.8, 4) is 5.75 Å². The van der Waals surface area contributed by atoms with E-state index in [0.29, 0.717) is 19.1 Å². The molecule has 0 bridgehead atoms. The van der Waals surface area contributed by atoms with E-state index < -0.39 is 58.1 Å². The number of nitrogens with one attached hydrogen (secondary N) is 2. The summed E-state index contributed by atoms with van der Waals surface area (Å²) in [5.74, 6) is -2.58. The van der Waals surface area contributed by atoms with Crippen molar-refractivity contribution in [3.05, 3.63) is 70.8 Å². The number of sulfonamides is 1.